The molecule has 0 aromatic rings. The van der Waals surface area contributed by atoms with Gasteiger partial charge in [0.15, 0.2) is 0 Å². The summed E-state index contributed by atoms with van der Waals surface area (Å²) >= 11 is 0. The number of carboxylic acids is 5. The molecule has 0 bridgehead atoms. The number of hydrogen-bond donors (Lipinski definition) is 7. The number of rotatable bonds is 7. The molecule has 0 unspecified atom stereocenters. The Labute approximate surface area is 167 Å². The smallest absolute Gasteiger partial charge is 0.327 e. The van der Waals surface area contributed by atoms with Gasteiger partial charge in [-0.25, -0.2) is 14.4 Å². The van der Waals surface area contributed by atoms with E-state index in [1.54, 1.807) is 13.8 Å². The number of aliphatic hydroxyl groups excluding tert-OH is 2. The molecule has 0 aromatic heterocycles. The van der Waals surface area contributed by atoms with Crippen molar-refractivity contribution in [3.8, 4) is 0 Å². The summed E-state index contributed by atoms with van der Waals surface area (Å²) in [6.07, 6.45) is 5.64. The first-order valence-corrected chi connectivity index (χ1v) is 7.57. The summed E-state index contributed by atoms with van der Waals surface area (Å²) in [7, 11) is 0. The molecule has 0 fully saturated rings. The fourth-order valence-corrected chi connectivity index (χ4v) is 0.476. The van der Waals surface area contributed by atoms with Gasteiger partial charge in [-0.3, -0.25) is 9.59 Å². The second kappa shape index (κ2) is 32.2. The van der Waals surface area contributed by atoms with Crippen LogP contribution in [0.4, 0.5) is 0 Å². The molecule has 0 radical (unpaired) electrons. The first-order chi connectivity index (χ1) is 13.4. The first-order valence-electron chi connectivity index (χ1n) is 7.57. The van der Waals surface area contributed by atoms with Gasteiger partial charge in [0.1, 0.15) is 0 Å². The maximum atomic E-state index is 9.51. The van der Waals surface area contributed by atoms with Crippen molar-refractivity contribution in [1.82, 2.24) is 0 Å². The molecule has 12 heteroatoms. The van der Waals surface area contributed by atoms with Crippen molar-refractivity contribution in [2.75, 3.05) is 13.2 Å². The van der Waals surface area contributed by atoms with Gasteiger partial charge < -0.3 is 35.7 Å². The van der Waals surface area contributed by atoms with Gasteiger partial charge in [0.25, 0.3) is 0 Å². The second-order valence-electron chi connectivity index (χ2n) is 3.95. The maximum Gasteiger partial charge on any atom is 0.327 e. The summed E-state index contributed by atoms with van der Waals surface area (Å²) in [6.45, 7) is 5.75. The standard InChI is InChI=1S/2C4H6O2.2C3H6O3.C3H4O2/c2*1-2-3-4(5)6;2*4-2-1-3(5)6;1-2-3(4)5/h2*2-3H,1H3,(H,5,6);2*4H,1-2H2,(H,5,6);2H,1H2,(H,4,5)/b3-2+;3-2-;;;. The van der Waals surface area contributed by atoms with Crippen LogP contribution >= 0.6 is 0 Å². The Bertz CT molecular complexity index is 483. The van der Waals surface area contributed by atoms with Gasteiger partial charge in [-0.15, -0.1) is 0 Å². The van der Waals surface area contributed by atoms with Crippen LogP contribution in [0.15, 0.2) is 37.0 Å². The average molecular weight is 424 g/mol. The van der Waals surface area contributed by atoms with E-state index in [9.17, 15) is 24.0 Å². The minimum Gasteiger partial charge on any atom is -0.481 e. The Morgan fingerprint density at radius 3 is 0.897 bits per heavy atom. The fraction of sp³-hybridized carbons (Fsp3) is 0.353. The van der Waals surface area contributed by atoms with Crippen molar-refractivity contribution < 1.29 is 59.7 Å². The molecule has 12 nitrogen and oxygen atoms in total. The van der Waals surface area contributed by atoms with Crippen LogP contribution in [-0.2, 0) is 24.0 Å². The third kappa shape index (κ3) is 113. The SMILES string of the molecule is C/C=C/C(=O)O.C/C=C\C(=O)O.C=CC(=O)O.O=C(O)CCO.O=C(O)CCO. The Morgan fingerprint density at radius 2 is 0.897 bits per heavy atom. The van der Waals surface area contributed by atoms with E-state index in [4.69, 9.17) is 35.7 Å². The van der Waals surface area contributed by atoms with Crippen LogP contribution < -0.4 is 0 Å². The lowest BCUT2D eigenvalue weighted by Crippen LogP contribution is -1.96. The van der Waals surface area contributed by atoms with E-state index in [1.807, 2.05) is 0 Å². The van der Waals surface area contributed by atoms with Crippen LogP contribution in [0.2, 0.25) is 0 Å². The normalized spacial score (nSPS) is 8.41. The number of allylic oxidation sites excluding steroid dienone is 2. The highest BCUT2D eigenvalue weighted by molar-refractivity contribution is 5.80. The van der Waals surface area contributed by atoms with E-state index in [0.717, 1.165) is 18.2 Å². The van der Waals surface area contributed by atoms with Crippen LogP contribution in [0.5, 0.6) is 0 Å². The molecule has 0 amide bonds. The van der Waals surface area contributed by atoms with Crippen molar-refractivity contribution in [3.63, 3.8) is 0 Å². The summed E-state index contributed by atoms with van der Waals surface area (Å²) in [4.78, 5) is 47.2. The summed E-state index contributed by atoms with van der Waals surface area (Å²) in [5, 5.41) is 54.5. The molecule has 0 atom stereocenters. The van der Waals surface area contributed by atoms with Crippen LogP contribution in [-0.4, -0.2) is 78.8 Å². The molecule has 0 aliphatic carbocycles. The molecule has 0 aliphatic rings. The number of hydrogen-bond acceptors (Lipinski definition) is 7. The molecule has 0 aromatic carbocycles. The van der Waals surface area contributed by atoms with Gasteiger partial charge >= 0.3 is 29.8 Å². The molecule has 168 valence electrons. The summed E-state index contributed by atoms with van der Waals surface area (Å²) in [5.41, 5.74) is 0. The van der Waals surface area contributed by atoms with Gasteiger partial charge in [-0.1, -0.05) is 18.7 Å². The van der Waals surface area contributed by atoms with E-state index in [0.29, 0.717) is 0 Å². The maximum absolute atomic E-state index is 9.51. The lowest BCUT2D eigenvalue weighted by Gasteiger charge is -1.80. The van der Waals surface area contributed by atoms with Gasteiger partial charge in [0.05, 0.1) is 26.1 Å². The zero-order valence-corrected chi connectivity index (χ0v) is 16.1. The highest BCUT2D eigenvalue weighted by Gasteiger charge is 1.89. The monoisotopic (exact) mass is 424 g/mol. The van der Waals surface area contributed by atoms with E-state index in [-0.39, 0.29) is 26.1 Å². The zero-order chi connectivity index (χ0) is 24.3. The largest absolute Gasteiger partial charge is 0.481 e. The highest BCUT2D eigenvalue weighted by Crippen LogP contribution is 1.71. The third-order valence-corrected chi connectivity index (χ3v) is 1.44. The molecule has 0 spiro atoms. The van der Waals surface area contributed by atoms with E-state index in [2.05, 4.69) is 6.58 Å². The quantitative estimate of drug-likeness (QED) is 0.276. The Morgan fingerprint density at radius 1 is 0.655 bits per heavy atom. The fourth-order valence-electron chi connectivity index (χ4n) is 0.476. The van der Waals surface area contributed by atoms with Crippen molar-refractivity contribution in [1.29, 1.82) is 0 Å². The lowest BCUT2D eigenvalue weighted by molar-refractivity contribution is -0.138. The summed E-state index contributed by atoms with van der Waals surface area (Å²) in [5.74, 6) is -4.69. The molecule has 0 saturated heterocycles. The first kappa shape index (κ1) is 36.4. The van der Waals surface area contributed by atoms with Gasteiger partial charge in [0.2, 0.25) is 0 Å². The average Bonchev–Trinajstić information content (AvgIpc) is 2.56. The molecular weight excluding hydrogens is 396 g/mol. The van der Waals surface area contributed by atoms with Crippen LogP contribution in [0.3, 0.4) is 0 Å². The number of carboxylic acid groups (broad SMARTS) is 5. The van der Waals surface area contributed by atoms with Crippen molar-refractivity contribution >= 4 is 29.8 Å². The zero-order valence-electron chi connectivity index (χ0n) is 16.1. The Balaban J connectivity index is -0.0000000829. The van der Waals surface area contributed by atoms with Crippen molar-refractivity contribution in [2.24, 2.45) is 0 Å². The Kier molecular flexibility index (Phi) is 40.4. The molecule has 0 rings (SSSR count). The predicted molar refractivity (Wildman–Crippen MR) is 101 cm³/mol. The highest BCUT2D eigenvalue weighted by atomic mass is 16.4. The van der Waals surface area contributed by atoms with E-state index in [1.165, 1.54) is 12.2 Å². The Hall–Kier alpha value is -3.51. The molecule has 7 N–H and O–H groups in total. The van der Waals surface area contributed by atoms with Gasteiger partial charge in [-0.2, -0.15) is 0 Å². The predicted octanol–water partition coefficient (Wildman–Crippen LogP) is 0.458. The van der Waals surface area contributed by atoms with Crippen molar-refractivity contribution in [2.45, 2.75) is 26.7 Å². The minimum atomic E-state index is -0.981. The molecule has 0 saturated carbocycles. The van der Waals surface area contributed by atoms with Crippen LogP contribution in [0.1, 0.15) is 26.7 Å². The summed E-state index contributed by atoms with van der Waals surface area (Å²) < 4.78 is 0. The molecule has 29 heavy (non-hydrogen) atoms. The molecule has 0 aliphatic heterocycles. The van der Waals surface area contributed by atoms with Crippen molar-refractivity contribution in [3.05, 3.63) is 37.0 Å². The van der Waals surface area contributed by atoms with Crippen LogP contribution in [0, 0.1) is 0 Å². The minimum absolute atomic E-state index is 0.153. The third-order valence-electron chi connectivity index (χ3n) is 1.44. The number of aliphatic carboxylic acids is 5. The van der Waals surface area contributed by atoms with Gasteiger partial charge in [-0.05, 0) is 13.8 Å². The molecule has 0 heterocycles. The molecular formula is C17H28O12. The van der Waals surface area contributed by atoms with Crippen LogP contribution in [0.25, 0.3) is 0 Å². The number of carbonyl (C=O) groups is 5. The van der Waals surface area contributed by atoms with E-state index >= 15 is 0 Å². The topological polar surface area (TPSA) is 227 Å². The van der Waals surface area contributed by atoms with E-state index < -0.39 is 29.8 Å². The van der Waals surface area contributed by atoms with Gasteiger partial charge in [0, 0.05) is 18.2 Å². The lowest BCUT2D eigenvalue weighted by atomic mass is 10.5. The summed E-state index contributed by atoms with van der Waals surface area (Å²) in [6, 6.07) is 0. The second-order valence-corrected chi connectivity index (χ2v) is 3.95. The number of aliphatic hydroxyl groups is 2.